The third-order valence-corrected chi connectivity index (χ3v) is 6.75. The fourth-order valence-electron chi connectivity index (χ4n) is 4.91. The second-order valence-corrected chi connectivity index (χ2v) is 9.57. The Hall–Kier alpha value is -1.62. The molecule has 2 heterocycles. The molecule has 1 atom stereocenters. The van der Waals surface area contributed by atoms with Gasteiger partial charge in [-0.1, -0.05) is 54.5 Å². The maximum Gasteiger partial charge on any atom is 0.0224 e. The normalized spacial score (nSPS) is 24.6. The van der Waals surface area contributed by atoms with Crippen molar-refractivity contribution in [3.63, 3.8) is 0 Å². The van der Waals surface area contributed by atoms with E-state index in [9.17, 15) is 0 Å². The molecule has 2 fully saturated rings. The van der Waals surface area contributed by atoms with Crippen LogP contribution < -0.4 is 5.73 Å². The molecule has 2 aliphatic heterocycles. The number of nitrogens with zero attached hydrogens (tertiary/aromatic N) is 3. The van der Waals surface area contributed by atoms with Crippen molar-refractivity contribution < 1.29 is 0 Å². The van der Waals surface area contributed by atoms with Gasteiger partial charge in [-0.3, -0.25) is 14.7 Å². The highest BCUT2D eigenvalue weighted by molar-refractivity contribution is 5.23. The van der Waals surface area contributed by atoms with Crippen LogP contribution in [0.3, 0.4) is 0 Å². The summed E-state index contributed by atoms with van der Waals surface area (Å²) in [7, 11) is 0. The lowest BCUT2D eigenvalue weighted by atomic mass is 9.97. The Morgan fingerprint density at radius 2 is 1.58 bits per heavy atom. The standard InChI is InChI=1S/C27H46N4/c1-7-22(3)9-10-23(4)19-29-13-11-27(12-14-29)31-16-15-30(21-26(31)8-2)20-25(6)17-24(5)18-28/h7,9-10,17-18,26-27H,1,8,11-16,19-21,28H2,2-6H3/b22-9-,23-10+,24-18-,25-17-. The molecule has 4 nitrogen and oxygen atoms in total. The molecule has 0 amide bonds. The third-order valence-electron chi connectivity index (χ3n) is 6.75. The first-order valence-electron chi connectivity index (χ1n) is 12.1. The minimum atomic E-state index is 0.679. The van der Waals surface area contributed by atoms with Gasteiger partial charge >= 0.3 is 0 Å². The molecule has 31 heavy (non-hydrogen) atoms. The van der Waals surface area contributed by atoms with Gasteiger partial charge in [0.1, 0.15) is 0 Å². The number of piperidine rings is 1. The lowest BCUT2D eigenvalue weighted by molar-refractivity contribution is 0.0176. The summed E-state index contributed by atoms with van der Waals surface area (Å²) in [5.41, 5.74) is 10.8. The zero-order valence-electron chi connectivity index (χ0n) is 20.7. The van der Waals surface area contributed by atoms with Crippen molar-refractivity contribution in [3.05, 3.63) is 59.4 Å². The molecule has 0 aliphatic carbocycles. The van der Waals surface area contributed by atoms with Gasteiger partial charge in [0, 0.05) is 44.8 Å². The summed E-state index contributed by atoms with van der Waals surface area (Å²) in [5, 5.41) is 0. The number of hydrogen-bond acceptors (Lipinski definition) is 4. The fourth-order valence-corrected chi connectivity index (χ4v) is 4.91. The van der Waals surface area contributed by atoms with E-state index in [0.29, 0.717) is 6.04 Å². The van der Waals surface area contributed by atoms with Gasteiger partial charge in [-0.15, -0.1) is 0 Å². The molecule has 2 saturated heterocycles. The molecule has 1 unspecified atom stereocenters. The van der Waals surface area contributed by atoms with E-state index < -0.39 is 0 Å². The van der Waals surface area contributed by atoms with Gasteiger partial charge in [-0.25, -0.2) is 0 Å². The molecule has 174 valence electrons. The molecule has 2 rings (SSSR count). The van der Waals surface area contributed by atoms with Gasteiger partial charge in [0.05, 0.1) is 0 Å². The van der Waals surface area contributed by atoms with Gasteiger partial charge in [-0.05, 0) is 71.8 Å². The van der Waals surface area contributed by atoms with E-state index in [1.165, 1.54) is 68.7 Å². The highest BCUT2D eigenvalue weighted by Crippen LogP contribution is 2.24. The summed E-state index contributed by atoms with van der Waals surface area (Å²) in [5.74, 6) is 0. The van der Waals surface area contributed by atoms with Crippen molar-refractivity contribution in [2.45, 2.75) is 66.0 Å². The van der Waals surface area contributed by atoms with Crippen LogP contribution in [-0.2, 0) is 0 Å². The van der Waals surface area contributed by atoms with Crippen molar-refractivity contribution >= 4 is 0 Å². The minimum absolute atomic E-state index is 0.679. The summed E-state index contributed by atoms with van der Waals surface area (Å²) < 4.78 is 0. The largest absolute Gasteiger partial charge is 0.404 e. The van der Waals surface area contributed by atoms with E-state index in [1.807, 2.05) is 6.08 Å². The quantitative estimate of drug-likeness (QED) is 0.541. The summed E-state index contributed by atoms with van der Waals surface area (Å²) in [6.45, 7) is 22.9. The average molecular weight is 427 g/mol. The molecule has 4 heteroatoms. The first-order valence-corrected chi connectivity index (χ1v) is 12.1. The Bertz CT molecular complexity index is 692. The molecule has 0 saturated carbocycles. The fraction of sp³-hybridized carbons (Fsp3) is 0.630. The Morgan fingerprint density at radius 3 is 2.19 bits per heavy atom. The van der Waals surface area contributed by atoms with E-state index in [2.05, 4.69) is 74.1 Å². The van der Waals surface area contributed by atoms with Gasteiger partial charge in [0.2, 0.25) is 0 Å². The molecule has 0 bridgehead atoms. The molecule has 2 N–H and O–H groups in total. The monoisotopic (exact) mass is 426 g/mol. The zero-order valence-corrected chi connectivity index (χ0v) is 20.7. The molecule has 0 aromatic heterocycles. The number of nitrogens with two attached hydrogens (primary N) is 1. The molecule has 0 aromatic carbocycles. The van der Waals surface area contributed by atoms with Crippen LogP contribution >= 0.6 is 0 Å². The second kappa shape index (κ2) is 13.0. The maximum absolute atomic E-state index is 5.63. The van der Waals surface area contributed by atoms with Gasteiger partial charge in [0.25, 0.3) is 0 Å². The second-order valence-electron chi connectivity index (χ2n) is 9.57. The number of likely N-dealkylation sites (tertiary alicyclic amines) is 1. The molecule has 2 aliphatic rings. The van der Waals surface area contributed by atoms with Crippen LogP contribution in [0.15, 0.2) is 59.4 Å². The SMILES string of the molecule is C=C/C(C)=C\C=C(/C)CN1CCC(N2CCN(C/C(C)=C\C(C)=C/N)CC2CC)CC1. The minimum Gasteiger partial charge on any atom is -0.404 e. The van der Waals surface area contributed by atoms with Gasteiger partial charge in [0.15, 0.2) is 0 Å². The van der Waals surface area contributed by atoms with E-state index in [-0.39, 0.29) is 0 Å². The van der Waals surface area contributed by atoms with E-state index in [0.717, 1.165) is 24.7 Å². The lowest BCUT2D eigenvalue weighted by Crippen LogP contribution is -2.58. The predicted octanol–water partition coefficient (Wildman–Crippen LogP) is 4.73. The first kappa shape index (κ1) is 25.6. The molecule has 0 spiro atoms. The van der Waals surface area contributed by atoms with E-state index >= 15 is 0 Å². The van der Waals surface area contributed by atoms with Crippen LogP contribution in [0.5, 0.6) is 0 Å². The van der Waals surface area contributed by atoms with Crippen LogP contribution in [0.4, 0.5) is 0 Å². The topological polar surface area (TPSA) is 35.7 Å². The van der Waals surface area contributed by atoms with Gasteiger partial charge < -0.3 is 5.73 Å². The number of piperazine rings is 1. The predicted molar refractivity (Wildman–Crippen MR) is 136 cm³/mol. The van der Waals surface area contributed by atoms with Gasteiger partial charge in [-0.2, -0.15) is 0 Å². The zero-order chi connectivity index (χ0) is 22.8. The van der Waals surface area contributed by atoms with Crippen molar-refractivity contribution in [2.75, 3.05) is 45.8 Å². The molecule has 0 radical (unpaired) electrons. The van der Waals surface area contributed by atoms with Crippen LogP contribution in [0.2, 0.25) is 0 Å². The third kappa shape index (κ3) is 8.44. The Balaban J connectivity index is 1.84. The van der Waals surface area contributed by atoms with Crippen LogP contribution in [0, 0.1) is 0 Å². The van der Waals surface area contributed by atoms with Crippen molar-refractivity contribution in [1.82, 2.24) is 14.7 Å². The van der Waals surface area contributed by atoms with Crippen molar-refractivity contribution in [1.29, 1.82) is 0 Å². The Morgan fingerprint density at radius 1 is 0.903 bits per heavy atom. The van der Waals surface area contributed by atoms with Crippen molar-refractivity contribution in [2.24, 2.45) is 5.73 Å². The first-order chi connectivity index (χ1) is 14.9. The number of allylic oxidation sites excluding steroid dienone is 6. The summed E-state index contributed by atoms with van der Waals surface area (Å²) >= 11 is 0. The molecular formula is C27H46N4. The molecule has 0 aromatic rings. The van der Waals surface area contributed by atoms with Crippen LogP contribution in [0.1, 0.15) is 53.9 Å². The highest BCUT2D eigenvalue weighted by Gasteiger charge is 2.32. The van der Waals surface area contributed by atoms with E-state index in [1.54, 1.807) is 6.20 Å². The Kier molecular flexibility index (Phi) is 10.8. The summed E-state index contributed by atoms with van der Waals surface area (Å²) in [4.78, 5) is 8.08. The average Bonchev–Trinajstić information content (AvgIpc) is 2.77. The number of hydrogen-bond donors (Lipinski definition) is 1. The maximum atomic E-state index is 5.63. The van der Waals surface area contributed by atoms with E-state index in [4.69, 9.17) is 5.73 Å². The van der Waals surface area contributed by atoms with Crippen molar-refractivity contribution in [3.8, 4) is 0 Å². The Labute approximate surface area is 191 Å². The number of rotatable bonds is 9. The summed E-state index contributed by atoms with van der Waals surface area (Å²) in [6, 6.07) is 1.42. The molecular weight excluding hydrogens is 380 g/mol. The highest BCUT2D eigenvalue weighted by atomic mass is 15.3. The van der Waals surface area contributed by atoms with Crippen LogP contribution in [0.25, 0.3) is 0 Å². The lowest BCUT2D eigenvalue weighted by Gasteiger charge is -2.47. The van der Waals surface area contributed by atoms with Crippen LogP contribution in [-0.4, -0.2) is 72.6 Å². The smallest absolute Gasteiger partial charge is 0.0224 e. The summed E-state index contributed by atoms with van der Waals surface area (Å²) in [6.07, 6.45) is 14.1.